The van der Waals surface area contributed by atoms with Crippen molar-refractivity contribution in [2.45, 2.75) is 5.41 Å². The Balaban J connectivity index is 1.21. The van der Waals surface area contributed by atoms with E-state index in [0.717, 1.165) is 44.6 Å². The molecule has 1 aliphatic rings. The molecule has 3 heteroatoms. The van der Waals surface area contributed by atoms with Gasteiger partial charge in [0.25, 0.3) is 0 Å². The molecule has 0 fully saturated rings. The van der Waals surface area contributed by atoms with Gasteiger partial charge < -0.3 is 4.42 Å². The maximum atomic E-state index is 6.37. The summed E-state index contributed by atoms with van der Waals surface area (Å²) < 4.78 is 6.37. The predicted molar refractivity (Wildman–Crippen MR) is 211 cm³/mol. The first-order valence-electron chi connectivity index (χ1n) is 17.7. The van der Waals surface area contributed by atoms with Crippen molar-refractivity contribution in [1.82, 2.24) is 9.97 Å². The van der Waals surface area contributed by atoms with E-state index >= 15 is 0 Å². The molecule has 0 bridgehead atoms. The summed E-state index contributed by atoms with van der Waals surface area (Å²) in [7, 11) is 0. The zero-order valence-electron chi connectivity index (χ0n) is 28.3. The quantitative estimate of drug-likeness (QED) is 0.178. The van der Waals surface area contributed by atoms with Crippen LogP contribution < -0.4 is 0 Å². The normalized spacial score (nSPS) is 12.8. The first-order valence-corrected chi connectivity index (χ1v) is 17.7. The fourth-order valence-electron chi connectivity index (χ4n) is 8.04. The third-order valence-corrected chi connectivity index (χ3v) is 10.4. The Hall–Kier alpha value is -6.84. The molecule has 0 saturated carbocycles. The van der Waals surface area contributed by atoms with Crippen molar-refractivity contribution in [1.29, 1.82) is 0 Å². The van der Waals surface area contributed by atoms with Crippen LogP contribution in [-0.2, 0) is 5.41 Å². The van der Waals surface area contributed by atoms with Crippen molar-refractivity contribution in [2.75, 3.05) is 0 Å². The Morgan fingerprint density at radius 3 is 1.69 bits per heavy atom. The van der Waals surface area contributed by atoms with Gasteiger partial charge in [-0.05, 0) is 74.8 Å². The number of nitrogens with zero attached hydrogens (tertiary/aromatic N) is 2. The van der Waals surface area contributed by atoms with Crippen molar-refractivity contribution >= 4 is 11.0 Å². The van der Waals surface area contributed by atoms with Crippen LogP contribution in [0.1, 0.15) is 22.3 Å². The number of para-hydroxylation sites is 1. The highest BCUT2D eigenvalue weighted by Crippen LogP contribution is 2.56. The van der Waals surface area contributed by atoms with Gasteiger partial charge in [0.05, 0.1) is 16.8 Å². The summed E-state index contributed by atoms with van der Waals surface area (Å²) in [5.74, 6) is 1.19. The van der Waals surface area contributed by atoms with Gasteiger partial charge >= 0.3 is 0 Å². The van der Waals surface area contributed by atoms with E-state index in [1.807, 2.05) is 30.3 Å². The maximum Gasteiger partial charge on any atom is 0.196 e. The molecule has 2 heterocycles. The average Bonchev–Trinajstić information content (AvgIpc) is 3.80. The topological polar surface area (TPSA) is 38.9 Å². The second-order valence-corrected chi connectivity index (χ2v) is 13.3. The molecule has 2 aromatic heterocycles. The van der Waals surface area contributed by atoms with E-state index in [2.05, 4.69) is 164 Å². The molecule has 10 rings (SSSR count). The van der Waals surface area contributed by atoms with Gasteiger partial charge in [0.15, 0.2) is 11.6 Å². The van der Waals surface area contributed by atoms with Gasteiger partial charge in [-0.1, -0.05) is 164 Å². The molecule has 0 atom stereocenters. The summed E-state index contributed by atoms with van der Waals surface area (Å²) >= 11 is 0. The van der Waals surface area contributed by atoms with E-state index in [9.17, 15) is 0 Å². The molecule has 0 unspecified atom stereocenters. The first kappa shape index (κ1) is 30.0. The number of hydrogen-bond donors (Lipinski definition) is 0. The Morgan fingerprint density at radius 1 is 0.385 bits per heavy atom. The summed E-state index contributed by atoms with van der Waals surface area (Å²) in [6.45, 7) is 0. The van der Waals surface area contributed by atoms with Gasteiger partial charge in [-0.15, -0.1) is 0 Å². The molecule has 0 saturated heterocycles. The number of fused-ring (bicyclic) bond motifs is 4. The number of hydrogen-bond acceptors (Lipinski definition) is 3. The average molecular weight is 665 g/mol. The molecular formula is C49H32N2O. The molecule has 0 spiro atoms. The van der Waals surface area contributed by atoms with E-state index in [0.29, 0.717) is 11.6 Å². The highest BCUT2D eigenvalue weighted by atomic mass is 16.3. The summed E-state index contributed by atoms with van der Waals surface area (Å²) in [5, 5.41) is 1.02. The van der Waals surface area contributed by atoms with Crippen LogP contribution in [0.25, 0.3) is 67.3 Å². The zero-order chi connectivity index (χ0) is 34.5. The molecule has 3 nitrogen and oxygen atoms in total. The van der Waals surface area contributed by atoms with Crippen molar-refractivity contribution in [3.8, 4) is 56.4 Å². The Labute approximate surface area is 302 Å². The lowest BCUT2D eigenvalue weighted by Crippen LogP contribution is -2.28. The van der Waals surface area contributed by atoms with E-state index < -0.39 is 5.41 Å². The van der Waals surface area contributed by atoms with Gasteiger partial charge in [-0.3, -0.25) is 0 Å². The van der Waals surface area contributed by atoms with Gasteiger partial charge in [0, 0.05) is 16.5 Å². The van der Waals surface area contributed by atoms with E-state index in [1.54, 1.807) is 0 Å². The number of rotatable bonds is 6. The van der Waals surface area contributed by atoms with Crippen LogP contribution in [0.5, 0.6) is 0 Å². The van der Waals surface area contributed by atoms with Crippen LogP contribution in [0.3, 0.4) is 0 Å². The molecule has 0 N–H and O–H groups in total. The monoisotopic (exact) mass is 664 g/mol. The molecule has 1 aliphatic carbocycles. The first-order chi connectivity index (χ1) is 25.8. The second-order valence-electron chi connectivity index (χ2n) is 13.3. The van der Waals surface area contributed by atoms with Gasteiger partial charge in [0.1, 0.15) is 5.58 Å². The van der Waals surface area contributed by atoms with Gasteiger partial charge in [0.2, 0.25) is 0 Å². The number of benzene rings is 7. The molecule has 244 valence electrons. The van der Waals surface area contributed by atoms with Crippen molar-refractivity contribution < 1.29 is 4.42 Å². The highest BCUT2D eigenvalue weighted by Gasteiger charge is 2.46. The molecule has 0 amide bonds. The second kappa shape index (κ2) is 12.2. The summed E-state index contributed by atoms with van der Waals surface area (Å²) in [6.07, 6.45) is 0. The molecule has 7 aromatic carbocycles. The predicted octanol–water partition coefficient (Wildman–Crippen LogP) is 12.3. The molecular weight excluding hydrogens is 633 g/mol. The van der Waals surface area contributed by atoms with Crippen LogP contribution in [0.15, 0.2) is 199 Å². The summed E-state index contributed by atoms with van der Waals surface area (Å²) in [5.41, 5.74) is 13.7. The largest absolute Gasteiger partial charge is 0.453 e. The molecule has 0 aliphatic heterocycles. The van der Waals surface area contributed by atoms with E-state index in [4.69, 9.17) is 14.4 Å². The fraction of sp³-hybridized carbons (Fsp3) is 0.0204. The van der Waals surface area contributed by atoms with Crippen LogP contribution in [0.4, 0.5) is 0 Å². The number of aromatic nitrogens is 2. The van der Waals surface area contributed by atoms with Crippen LogP contribution in [-0.4, -0.2) is 9.97 Å². The Bertz CT molecular complexity index is 2660. The van der Waals surface area contributed by atoms with Crippen molar-refractivity contribution in [3.63, 3.8) is 0 Å². The zero-order valence-corrected chi connectivity index (χ0v) is 28.3. The van der Waals surface area contributed by atoms with E-state index in [-0.39, 0.29) is 0 Å². The minimum atomic E-state index is -0.508. The van der Waals surface area contributed by atoms with Crippen molar-refractivity contribution in [2.24, 2.45) is 0 Å². The minimum Gasteiger partial charge on any atom is -0.453 e. The molecule has 9 aromatic rings. The smallest absolute Gasteiger partial charge is 0.196 e. The van der Waals surface area contributed by atoms with E-state index in [1.165, 1.54) is 33.4 Å². The lowest BCUT2D eigenvalue weighted by atomic mass is 9.67. The van der Waals surface area contributed by atoms with Gasteiger partial charge in [-0.2, -0.15) is 0 Å². The SMILES string of the molecule is c1ccc(-c2cccc(-c3cc(-c4ccc5c(c4)C(c4ccccc4)(c4ccccc4)c4ccccc4-5)nc(-c4cc5ccccc5o4)n3)c2)cc1. The lowest BCUT2D eigenvalue weighted by molar-refractivity contribution is 0.625. The van der Waals surface area contributed by atoms with Crippen LogP contribution >= 0.6 is 0 Å². The maximum absolute atomic E-state index is 6.37. The molecule has 52 heavy (non-hydrogen) atoms. The third-order valence-electron chi connectivity index (χ3n) is 10.4. The standard InChI is InChI=1S/C49H32N2O/c1-4-15-33(16-5-1)34-18-14-19-35(29-34)44-32-45(51-48(50-44)47-31-37-17-10-13-26-46(37)52-47)36-27-28-41-40-24-11-12-25-42(40)49(43(41)30-36,38-20-6-2-7-21-38)39-22-8-3-9-23-39/h1-32H. The number of furan rings is 1. The van der Waals surface area contributed by atoms with Crippen molar-refractivity contribution in [3.05, 3.63) is 216 Å². The molecule has 0 radical (unpaired) electrons. The summed E-state index contributed by atoms with van der Waals surface area (Å²) in [4.78, 5) is 10.4. The Kier molecular flexibility index (Phi) is 7.04. The Morgan fingerprint density at radius 2 is 0.962 bits per heavy atom. The minimum absolute atomic E-state index is 0.508. The van der Waals surface area contributed by atoms with Gasteiger partial charge in [-0.25, -0.2) is 9.97 Å². The summed E-state index contributed by atoms with van der Waals surface area (Å²) in [6, 6.07) is 68.7. The highest BCUT2D eigenvalue weighted by molar-refractivity contribution is 5.89. The van der Waals surface area contributed by atoms with Crippen LogP contribution in [0.2, 0.25) is 0 Å². The van der Waals surface area contributed by atoms with Crippen LogP contribution in [0, 0.1) is 0 Å². The lowest BCUT2D eigenvalue weighted by Gasteiger charge is -2.34. The fourth-order valence-corrected chi connectivity index (χ4v) is 8.04. The third kappa shape index (κ3) is 4.82.